The SMILES string of the molecule is CC[C@H](C)[C@H](NC(=O)[C@@H]1CCCN1C(=O)[C@H](CCCCN)NC(=O)[C@H](C)N)C(=O)O. The Hall–Kier alpha value is -2.20. The number of carbonyl (C=O) groups is 4. The molecule has 1 rings (SSSR count). The molecule has 0 spiro atoms. The first-order valence-corrected chi connectivity index (χ1v) is 10.7. The van der Waals surface area contributed by atoms with E-state index in [1.807, 2.05) is 6.92 Å². The van der Waals surface area contributed by atoms with Crippen molar-refractivity contribution in [3.05, 3.63) is 0 Å². The standard InChI is InChI=1S/C20H37N5O5/c1-4-12(2)16(20(29)30)24-18(27)15-9-7-11-25(15)19(28)14(8-5-6-10-21)23-17(26)13(3)22/h12-16H,4-11,21-22H2,1-3H3,(H,23,26)(H,24,27)(H,29,30)/t12-,13-,14-,15-,16-/m0/s1. The van der Waals surface area contributed by atoms with E-state index in [4.69, 9.17) is 11.5 Å². The first-order valence-electron chi connectivity index (χ1n) is 10.7. The van der Waals surface area contributed by atoms with E-state index in [1.165, 1.54) is 11.8 Å². The summed E-state index contributed by atoms with van der Waals surface area (Å²) in [5, 5.41) is 14.7. The van der Waals surface area contributed by atoms with Crippen LogP contribution in [-0.4, -0.2) is 71.0 Å². The fraction of sp³-hybridized carbons (Fsp3) is 0.800. The highest BCUT2D eigenvalue weighted by Gasteiger charge is 2.39. The number of carboxylic acids is 1. The van der Waals surface area contributed by atoms with Crippen molar-refractivity contribution in [2.24, 2.45) is 17.4 Å². The Labute approximate surface area is 178 Å². The molecule has 172 valence electrons. The lowest BCUT2D eigenvalue weighted by atomic mass is 9.98. The van der Waals surface area contributed by atoms with E-state index in [0.717, 1.165) is 0 Å². The lowest BCUT2D eigenvalue weighted by Gasteiger charge is -2.30. The Morgan fingerprint density at radius 1 is 1.17 bits per heavy atom. The van der Waals surface area contributed by atoms with Crippen LogP contribution < -0.4 is 22.1 Å². The van der Waals surface area contributed by atoms with Gasteiger partial charge >= 0.3 is 5.97 Å². The van der Waals surface area contributed by atoms with Crippen molar-refractivity contribution in [1.82, 2.24) is 15.5 Å². The van der Waals surface area contributed by atoms with Gasteiger partial charge < -0.3 is 32.1 Å². The third-order valence-corrected chi connectivity index (χ3v) is 5.59. The van der Waals surface area contributed by atoms with Gasteiger partial charge in [-0.15, -0.1) is 0 Å². The van der Waals surface area contributed by atoms with Gasteiger partial charge in [-0.1, -0.05) is 20.3 Å². The second-order valence-electron chi connectivity index (χ2n) is 8.03. The molecule has 0 aromatic rings. The lowest BCUT2D eigenvalue weighted by Crippen LogP contribution is -2.57. The number of carbonyl (C=O) groups excluding carboxylic acids is 3. The van der Waals surface area contributed by atoms with E-state index >= 15 is 0 Å². The van der Waals surface area contributed by atoms with Crippen LogP contribution in [0.25, 0.3) is 0 Å². The number of nitrogens with one attached hydrogen (secondary N) is 2. The van der Waals surface area contributed by atoms with Crippen molar-refractivity contribution in [1.29, 1.82) is 0 Å². The molecule has 10 heteroatoms. The Bertz CT molecular complexity index is 612. The lowest BCUT2D eigenvalue weighted by molar-refractivity contribution is -0.146. The summed E-state index contributed by atoms with van der Waals surface area (Å²) in [7, 11) is 0. The molecule has 0 unspecified atom stereocenters. The molecule has 1 aliphatic heterocycles. The largest absolute Gasteiger partial charge is 0.480 e. The molecule has 1 fully saturated rings. The number of amides is 3. The van der Waals surface area contributed by atoms with Crippen molar-refractivity contribution in [3.8, 4) is 0 Å². The normalized spacial score (nSPS) is 20.2. The van der Waals surface area contributed by atoms with Crippen LogP contribution in [0.4, 0.5) is 0 Å². The molecule has 0 radical (unpaired) electrons. The molecule has 0 aromatic heterocycles. The maximum Gasteiger partial charge on any atom is 0.326 e. The summed E-state index contributed by atoms with van der Waals surface area (Å²) < 4.78 is 0. The summed E-state index contributed by atoms with van der Waals surface area (Å²) in [6, 6.07) is -3.33. The predicted octanol–water partition coefficient (Wildman–Crippen LogP) is -0.446. The van der Waals surface area contributed by atoms with E-state index in [9.17, 15) is 24.3 Å². The van der Waals surface area contributed by atoms with Crippen molar-refractivity contribution < 1.29 is 24.3 Å². The third-order valence-electron chi connectivity index (χ3n) is 5.59. The molecule has 3 amide bonds. The molecule has 10 nitrogen and oxygen atoms in total. The number of carboxylic acid groups (broad SMARTS) is 1. The van der Waals surface area contributed by atoms with Crippen LogP contribution in [0.2, 0.25) is 0 Å². The van der Waals surface area contributed by atoms with Crippen LogP contribution in [0.1, 0.15) is 59.3 Å². The van der Waals surface area contributed by atoms with E-state index in [0.29, 0.717) is 51.6 Å². The van der Waals surface area contributed by atoms with Gasteiger partial charge in [0.1, 0.15) is 18.1 Å². The summed E-state index contributed by atoms with van der Waals surface area (Å²) in [5.74, 6) is -2.62. The van der Waals surface area contributed by atoms with Crippen molar-refractivity contribution in [2.45, 2.75) is 83.5 Å². The minimum absolute atomic E-state index is 0.244. The molecular weight excluding hydrogens is 390 g/mol. The zero-order valence-electron chi connectivity index (χ0n) is 18.2. The Kier molecular flexibility index (Phi) is 10.8. The van der Waals surface area contributed by atoms with Crippen LogP contribution >= 0.6 is 0 Å². The van der Waals surface area contributed by atoms with Crippen LogP contribution in [0, 0.1) is 5.92 Å². The molecular formula is C20H37N5O5. The number of unbranched alkanes of at least 4 members (excludes halogenated alkanes) is 1. The first kappa shape index (κ1) is 25.8. The Morgan fingerprint density at radius 2 is 1.83 bits per heavy atom. The van der Waals surface area contributed by atoms with Crippen molar-refractivity contribution in [3.63, 3.8) is 0 Å². The van der Waals surface area contributed by atoms with E-state index in [-0.39, 0.29) is 11.8 Å². The molecule has 30 heavy (non-hydrogen) atoms. The molecule has 1 aliphatic rings. The summed E-state index contributed by atoms with van der Waals surface area (Å²) in [4.78, 5) is 51.0. The monoisotopic (exact) mass is 427 g/mol. The Balaban J connectivity index is 2.93. The molecule has 0 bridgehead atoms. The third kappa shape index (κ3) is 7.24. The van der Waals surface area contributed by atoms with Crippen LogP contribution in [0.15, 0.2) is 0 Å². The van der Waals surface area contributed by atoms with Crippen LogP contribution in [0.5, 0.6) is 0 Å². The molecule has 0 saturated carbocycles. The molecule has 0 aromatic carbocycles. The van der Waals surface area contributed by atoms with Crippen molar-refractivity contribution in [2.75, 3.05) is 13.1 Å². The molecule has 7 N–H and O–H groups in total. The van der Waals surface area contributed by atoms with E-state index in [1.54, 1.807) is 6.92 Å². The van der Waals surface area contributed by atoms with Gasteiger partial charge in [0.25, 0.3) is 0 Å². The smallest absolute Gasteiger partial charge is 0.326 e. The quantitative estimate of drug-likeness (QED) is 0.263. The minimum atomic E-state index is -1.10. The topological polar surface area (TPSA) is 168 Å². The fourth-order valence-electron chi connectivity index (χ4n) is 3.49. The summed E-state index contributed by atoms with van der Waals surface area (Å²) in [5.41, 5.74) is 11.1. The highest BCUT2D eigenvalue weighted by Crippen LogP contribution is 2.21. The number of hydrogen-bond acceptors (Lipinski definition) is 6. The average Bonchev–Trinajstić information content (AvgIpc) is 3.19. The van der Waals surface area contributed by atoms with E-state index in [2.05, 4.69) is 10.6 Å². The number of rotatable bonds is 12. The van der Waals surface area contributed by atoms with Gasteiger partial charge in [0.2, 0.25) is 17.7 Å². The second kappa shape index (κ2) is 12.5. The minimum Gasteiger partial charge on any atom is -0.480 e. The van der Waals surface area contributed by atoms with Gasteiger partial charge in [0, 0.05) is 6.54 Å². The number of nitrogens with zero attached hydrogens (tertiary/aromatic N) is 1. The number of aliphatic carboxylic acids is 1. The van der Waals surface area contributed by atoms with Gasteiger partial charge in [0.15, 0.2) is 0 Å². The van der Waals surface area contributed by atoms with Crippen LogP contribution in [-0.2, 0) is 19.2 Å². The maximum atomic E-state index is 13.2. The van der Waals surface area contributed by atoms with Crippen molar-refractivity contribution >= 4 is 23.7 Å². The second-order valence-corrected chi connectivity index (χ2v) is 8.03. The van der Waals surface area contributed by atoms with Gasteiger partial charge in [-0.3, -0.25) is 14.4 Å². The van der Waals surface area contributed by atoms with Gasteiger partial charge in [0.05, 0.1) is 6.04 Å². The summed E-state index contributed by atoms with van der Waals surface area (Å²) in [6.45, 7) is 5.99. The molecule has 1 heterocycles. The highest BCUT2D eigenvalue weighted by atomic mass is 16.4. The van der Waals surface area contributed by atoms with Gasteiger partial charge in [-0.05, 0) is 51.5 Å². The summed E-state index contributed by atoms with van der Waals surface area (Å²) >= 11 is 0. The zero-order chi connectivity index (χ0) is 22.8. The van der Waals surface area contributed by atoms with Gasteiger partial charge in [-0.2, -0.15) is 0 Å². The zero-order valence-corrected chi connectivity index (χ0v) is 18.2. The molecule has 0 aliphatic carbocycles. The number of nitrogens with two attached hydrogens (primary N) is 2. The maximum absolute atomic E-state index is 13.2. The number of hydrogen-bond donors (Lipinski definition) is 5. The average molecular weight is 428 g/mol. The highest BCUT2D eigenvalue weighted by molar-refractivity contribution is 5.94. The predicted molar refractivity (Wildman–Crippen MR) is 112 cm³/mol. The Morgan fingerprint density at radius 3 is 2.37 bits per heavy atom. The fourth-order valence-corrected chi connectivity index (χ4v) is 3.49. The number of likely N-dealkylation sites (tertiary alicyclic amines) is 1. The molecule has 1 saturated heterocycles. The van der Waals surface area contributed by atoms with Gasteiger partial charge in [-0.25, -0.2) is 4.79 Å². The first-order chi connectivity index (χ1) is 14.1. The summed E-state index contributed by atoms with van der Waals surface area (Å²) in [6.07, 6.45) is 3.41. The van der Waals surface area contributed by atoms with Crippen LogP contribution in [0.3, 0.4) is 0 Å². The van der Waals surface area contributed by atoms with E-state index < -0.39 is 42.0 Å². The molecule has 5 atom stereocenters.